The molecule has 0 unspecified atom stereocenters. The van der Waals surface area contributed by atoms with Gasteiger partial charge >= 0.3 is 0 Å². The maximum atomic E-state index is 8.87. The summed E-state index contributed by atoms with van der Waals surface area (Å²) in [7, 11) is 0. The molecule has 0 aromatic carbocycles. The Labute approximate surface area is 67.2 Å². The lowest BCUT2D eigenvalue weighted by molar-refractivity contribution is 0.377. The fourth-order valence-electron chi connectivity index (χ4n) is 0.749. The lowest BCUT2D eigenvalue weighted by atomic mass is 10.1. The summed E-state index contributed by atoms with van der Waals surface area (Å²) >= 11 is 0. The van der Waals surface area contributed by atoms with Crippen LogP contribution in [0, 0.1) is 0 Å². The Morgan fingerprint density at radius 3 is 2.55 bits per heavy atom. The van der Waals surface area contributed by atoms with Gasteiger partial charge in [-0.25, -0.2) is 0 Å². The molecule has 0 aliphatic heterocycles. The summed E-state index contributed by atoms with van der Waals surface area (Å²) in [5, 5.41) is 17.2. The third-order valence-electron chi connectivity index (χ3n) is 1.27. The van der Waals surface area contributed by atoms with Gasteiger partial charge in [0.05, 0.1) is 0 Å². The van der Waals surface area contributed by atoms with Crippen molar-refractivity contribution < 1.29 is 10.2 Å². The molecule has 0 atom stereocenters. The van der Waals surface area contributed by atoms with Gasteiger partial charge in [0.15, 0.2) is 0 Å². The van der Waals surface area contributed by atoms with E-state index in [0.717, 1.165) is 18.4 Å². The topological polar surface area (TPSA) is 40.5 Å². The molecular weight excluding hydrogens is 140 g/mol. The highest BCUT2D eigenvalue weighted by molar-refractivity contribution is 5.24. The lowest BCUT2D eigenvalue weighted by Gasteiger charge is -1.97. The van der Waals surface area contributed by atoms with Gasteiger partial charge < -0.3 is 10.2 Å². The van der Waals surface area contributed by atoms with Crippen LogP contribution in [0.25, 0.3) is 0 Å². The van der Waals surface area contributed by atoms with Crippen LogP contribution < -0.4 is 0 Å². The highest BCUT2D eigenvalue weighted by Crippen LogP contribution is 2.07. The number of aliphatic hydroxyl groups is 2. The van der Waals surface area contributed by atoms with E-state index in [2.05, 4.69) is 6.58 Å². The van der Waals surface area contributed by atoms with E-state index in [1.807, 2.05) is 6.92 Å². The summed E-state index contributed by atoms with van der Waals surface area (Å²) in [5.74, 6) is -0.131. The van der Waals surface area contributed by atoms with Crippen molar-refractivity contribution in [1.29, 1.82) is 0 Å². The third-order valence-corrected chi connectivity index (χ3v) is 1.27. The summed E-state index contributed by atoms with van der Waals surface area (Å²) in [6.07, 6.45) is 5.69. The van der Waals surface area contributed by atoms with E-state index in [-0.39, 0.29) is 5.76 Å². The number of aliphatic hydroxyl groups excluding tert-OH is 2. The normalized spacial score (nSPS) is 13.2. The van der Waals surface area contributed by atoms with Gasteiger partial charge in [-0.2, -0.15) is 0 Å². The molecule has 0 aliphatic rings. The predicted molar refractivity (Wildman–Crippen MR) is 46.5 cm³/mol. The van der Waals surface area contributed by atoms with Crippen LogP contribution in [0.1, 0.15) is 19.8 Å². The monoisotopic (exact) mass is 154 g/mol. The maximum Gasteiger partial charge on any atom is 0.149 e. The summed E-state index contributed by atoms with van der Waals surface area (Å²) in [4.78, 5) is 0. The molecule has 2 N–H and O–H groups in total. The Bertz CT molecular complexity index is 178. The minimum Gasteiger partial charge on any atom is -0.512 e. The van der Waals surface area contributed by atoms with Crippen molar-refractivity contribution >= 4 is 0 Å². The van der Waals surface area contributed by atoms with Crippen molar-refractivity contribution in [2.24, 2.45) is 0 Å². The molecule has 0 amide bonds. The molecule has 0 aromatic rings. The van der Waals surface area contributed by atoms with Gasteiger partial charge in [-0.1, -0.05) is 26.0 Å². The van der Waals surface area contributed by atoms with Crippen LogP contribution in [0.4, 0.5) is 0 Å². The maximum absolute atomic E-state index is 8.87. The molecule has 0 saturated heterocycles. The van der Waals surface area contributed by atoms with Crippen LogP contribution in [0.2, 0.25) is 0 Å². The first-order chi connectivity index (χ1) is 5.24. The van der Waals surface area contributed by atoms with Gasteiger partial charge in [-0.3, -0.25) is 0 Å². The Morgan fingerprint density at radius 1 is 1.55 bits per heavy atom. The Hall–Kier alpha value is -1.18. The molecule has 0 saturated carbocycles. The van der Waals surface area contributed by atoms with E-state index in [1.54, 1.807) is 6.08 Å². The predicted octanol–water partition coefficient (Wildman–Crippen LogP) is 2.86. The second-order valence-electron chi connectivity index (χ2n) is 2.23. The highest BCUT2D eigenvalue weighted by Gasteiger charge is 1.91. The molecule has 2 heteroatoms. The summed E-state index contributed by atoms with van der Waals surface area (Å²) in [6.45, 7) is 5.62. The first-order valence-electron chi connectivity index (χ1n) is 3.61. The van der Waals surface area contributed by atoms with Crippen molar-refractivity contribution in [1.82, 2.24) is 0 Å². The molecule has 0 spiro atoms. The van der Waals surface area contributed by atoms with Crippen molar-refractivity contribution in [3.8, 4) is 0 Å². The SMILES string of the molecule is C=C/C(=C\C(O)=C/O)CCC. The van der Waals surface area contributed by atoms with Gasteiger partial charge in [-0.05, 0) is 18.1 Å². The summed E-state index contributed by atoms with van der Waals surface area (Å²) in [6, 6.07) is 0. The molecule has 0 aliphatic carbocycles. The van der Waals surface area contributed by atoms with Gasteiger partial charge in [0.2, 0.25) is 0 Å². The second-order valence-corrected chi connectivity index (χ2v) is 2.23. The lowest BCUT2D eigenvalue weighted by Crippen LogP contribution is -1.80. The van der Waals surface area contributed by atoms with Crippen LogP contribution in [0.5, 0.6) is 0 Å². The van der Waals surface area contributed by atoms with E-state index in [1.165, 1.54) is 6.08 Å². The molecule has 2 nitrogen and oxygen atoms in total. The zero-order chi connectivity index (χ0) is 8.69. The van der Waals surface area contributed by atoms with E-state index < -0.39 is 0 Å². The minimum absolute atomic E-state index is 0.131. The summed E-state index contributed by atoms with van der Waals surface area (Å²) in [5.41, 5.74) is 0.926. The van der Waals surface area contributed by atoms with E-state index in [0.29, 0.717) is 6.26 Å². The summed E-state index contributed by atoms with van der Waals surface area (Å²) < 4.78 is 0. The smallest absolute Gasteiger partial charge is 0.149 e. The first kappa shape index (κ1) is 9.82. The van der Waals surface area contributed by atoms with Gasteiger partial charge in [0, 0.05) is 0 Å². The molecular formula is C9H14O2. The van der Waals surface area contributed by atoms with Crippen LogP contribution in [0.15, 0.2) is 36.3 Å². The van der Waals surface area contributed by atoms with Crippen molar-refractivity contribution in [3.05, 3.63) is 36.3 Å². The molecule has 0 bridgehead atoms. The third kappa shape index (κ3) is 4.25. The fraction of sp³-hybridized carbons (Fsp3) is 0.333. The minimum atomic E-state index is -0.131. The van der Waals surface area contributed by atoms with Crippen molar-refractivity contribution in [2.75, 3.05) is 0 Å². The number of rotatable bonds is 4. The van der Waals surface area contributed by atoms with E-state index in [4.69, 9.17) is 10.2 Å². The Kier molecular flexibility index (Phi) is 4.99. The average Bonchev–Trinajstić information content (AvgIpc) is 2.03. The quantitative estimate of drug-likeness (QED) is 0.483. The molecule has 0 aromatic heterocycles. The Morgan fingerprint density at radius 2 is 2.18 bits per heavy atom. The van der Waals surface area contributed by atoms with Crippen molar-refractivity contribution in [3.63, 3.8) is 0 Å². The zero-order valence-electron chi connectivity index (χ0n) is 6.75. The largest absolute Gasteiger partial charge is 0.512 e. The molecule has 0 rings (SSSR count). The number of hydrogen-bond acceptors (Lipinski definition) is 2. The van der Waals surface area contributed by atoms with Gasteiger partial charge in [0.1, 0.15) is 12.0 Å². The molecule has 62 valence electrons. The number of allylic oxidation sites excluding steroid dienone is 3. The van der Waals surface area contributed by atoms with E-state index >= 15 is 0 Å². The number of hydrogen-bond donors (Lipinski definition) is 2. The van der Waals surface area contributed by atoms with Gasteiger partial charge in [0.25, 0.3) is 0 Å². The van der Waals surface area contributed by atoms with Crippen LogP contribution >= 0.6 is 0 Å². The van der Waals surface area contributed by atoms with Crippen LogP contribution in [-0.4, -0.2) is 10.2 Å². The van der Waals surface area contributed by atoms with Gasteiger partial charge in [-0.15, -0.1) is 0 Å². The average molecular weight is 154 g/mol. The molecule has 11 heavy (non-hydrogen) atoms. The second kappa shape index (κ2) is 5.59. The van der Waals surface area contributed by atoms with Crippen molar-refractivity contribution in [2.45, 2.75) is 19.8 Å². The molecule has 0 heterocycles. The Balaban J connectivity index is 4.22. The molecule has 0 radical (unpaired) electrons. The first-order valence-corrected chi connectivity index (χ1v) is 3.61. The van der Waals surface area contributed by atoms with Crippen LogP contribution in [0.3, 0.4) is 0 Å². The highest BCUT2D eigenvalue weighted by atomic mass is 16.3. The zero-order valence-corrected chi connectivity index (χ0v) is 6.75. The van der Waals surface area contributed by atoms with E-state index in [9.17, 15) is 0 Å². The molecule has 0 fully saturated rings. The fourth-order valence-corrected chi connectivity index (χ4v) is 0.749. The van der Waals surface area contributed by atoms with Crippen LogP contribution in [-0.2, 0) is 0 Å². The standard InChI is InChI=1S/C9H14O2/c1-3-5-8(4-2)6-9(11)7-10/h4,6-7,10-11H,2-3,5H2,1H3/b8-6+,9-7+.